The molecule has 0 bridgehead atoms. The average molecular weight is 178 g/mol. The molecule has 0 fully saturated rings. The number of hydrogen-bond acceptors (Lipinski definition) is 2. The zero-order valence-electron chi connectivity index (χ0n) is 7.91. The lowest BCUT2D eigenvalue weighted by molar-refractivity contribution is 1.12. The Balaban J connectivity index is 2.74. The van der Waals surface area contributed by atoms with E-state index in [-0.39, 0.29) is 0 Å². The van der Waals surface area contributed by atoms with E-state index in [1.165, 1.54) is 0 Å². The Kier molecular flexibility index (Phi) is 3.25. The third-order valence-electron chi connectivity index (χ3n) is 1.63. The monoisotopic (exact) mass is 178 g/mol. The molecule has 1 aromatic heterocycles. The van der Waals surface area contributed by atoms with Gasteiger partial charge in [0, 0.05) is 12.7 Å². The second-order valence-electron chi connectivity index (χ2n) is 2.68. The van der Waals surface area contributed by atoms with E-state index in [0.29, 0.717) is 12.5 Å². The topological polar surface area (TPSA) is 63.3 Å². The van der Waals surface area contributed by atoms with Crippen molar-refractivity contribution in [3.63, 3.8) is 0 Å². The van der Waals surface area contributed by atoms with Crippen molar-refractivity contribution < 1.29 is 0 Å². The predicted octanol–water partition coefficient (Wildman–Crippen LogP) is 1.14. The Morgan fingerprint density at radius 1 is 1.69 bits per heavy atom. The lowest BCUT2D eigenvalue weighted by Crippen LogP contribution is -2.23. The molecule has 1 aromatic rings. The smallest absolute Gasteiger partial charge is 0.193 e. The molecule has 0 aromatic carbocycles. The molecule has 0 radical (unpaired) electrons. The van der Waals surface area contributed by atoms with Crippen LogP contribution in [0.5, 0.6) is 0 Å². The van der Waals surface area contributed by atoms with Gasteiger partial charge in [0.15, 0.2) is 5.96 Å². The number of nitrogens with two attached hydrogens (primary N) is 1. The largest absolute Gasteiger partial charge is 0.370 e. The number of rotatable bonds is 2. The van der Waals surface area contributed by atoms with Crippen molar-refractivity contribution in [2.24, 2.45) is 10.7 Å². The van der Waals surface area contributed by atoms with Gasteiger partial charge in [0.2, 0.25) is 0 Å². The van der Waals surface area contributed by atoms with E-state index in [4.69, 9.17) is 5.73 Å². The van der Waals surface area contributed by atoms with E-state index < -0.39 is 0 Å². The number of guanidine groups is 1. The SMILES string of the molecule is CCN=C(N)Nc1cnccc1C. The number of nitrogens with zero attached hydrogens (tertiary/aromatic N) is 2. The van der Waals surface area contributed by atoms with Gasteiger partial charge < -0.3 is 11.1 Å². The number of nitrogens with one attached hydrogen (secondary N) is 1. The van der Waals surface area contributed by atoms with Crippen LogP contribution in [0.25, 0.3) is 0 Å². The van der Waals surface area contributed by atoms with Crippen LogP contribution in [0.15, 0.2) is 23.5 Å². The second-order valence-corrected chi connectivity index (χ2v) is 2.68. The molecule has 0 aliphatic carbocycles. The van der Waals surface area contributed by atoms with Gasteiger partial charge in [0.25, 0.3) is 0 Å². The molecule has 0 aliphatic rings. The van der Waals surface area contributed by atoms with Crippen molar-refractivity contribution in [2.45, 2.75) is 13.8 Å². The summed E-state index contributed by atoms with van der Waals surface area (Å²) < 4.78 is 0. The van der Waals surface area contributed by atoms with Crippen LogP contribution in [0.1, 0.15) is 12.5 Å². The summed E-state index contributed by atoms with van der Waals surface area (Å²) in [5.74, 6) is 0.429. The Hall–Kier alpha value is -1.58. The van der Waals surface area contributed by atoms with Gasteiger partial charge in [-0.25, -0.2) is 0 Å². The fourth-order valence-corrected chi connectivity index (χ4v) is 0.943. The number of aromatic nitrogens is 1. The Morgan fingerprint density at radius 2 is 2.46 bits per heavy atom. The fourth-order valence-electron chi connectivity index (χ4n) is 0.943. The van der Waals surface area contributed by atoms with Crippen LogP contribution in [0, 0.1) is 6.92 Å². The summed E-state index contributed by atoms with van der Waals surface area (Å²) in [4.78, 5) is 8.00. The van der Waals surface area contributed by atoms with Crippen molar-refractivity contribution in [1.29, 1.82) is 0 Å². The zero-order valence-corrected chi connectivity index (χ0v) is 7.91. The number of pyridine rings is 1. The highest BCUT2D eigenvalue weighted by molar-refractivity contribution is 5.92. The molecule has 0 unspecified atom stereocenters. The first-order valence-electron chi connectivity index (χ1n) is 4.21. The van der Waals surface area contributed by atoms with Gasteiger partial charge in [-0.15, -0.1) is 0 Å². The van der Waals surface area contributed by atoms with Gasteiger partial charge in [0.05, 0.1) is 11.9 Å². The Bertz CT molecular complexity index is 306. The van der Waals surface area contributed by atoms with Crippen LogP contribution in [0.3, 0.4) is 0 Å². The molecule has 0 atom stereocenters. The van der Waals surface area contributed by atoms with Crippen LogP contribution < -0.4 is 11.1 Å². The third kappa shape index (κ3) is 2.74. The average Bonchev–Trinajstić information content (AvgIpc) is 2.09. The van der Waals surface area contributed by atoms with E-state index >= 15 is 0 Å². The van der Waals surface area contributed by atoms with Gasteiger partial charge in [-0.1, -0.05) is 0 Å². The van der Waals surface area contributed by atoms with E-state index in [1.807, 2.05) is 19.9 Å². The molecule has 70 valence electrons. The van der Waals surface area contributed by atoms with Crippen LogP contribution in [0.4, 0.5) is 5.69 Å². The maximum absolute atomic E-state index is 5.60. The summed E-state index contributed by atoms with van der Waals surface area (Å²) in [5.41, 5.74) is 7.60. The number of aliphatic imine (C=N–C) groups is 1. The van der Waals surface area contributed by atoms with Crippen molar-refractivity contribution in [3.8, 4) is 0 Å². The molecular weight excluding hydrogens is 164 g/mol. The molecule has 4 nitrogen and oxygen atoms in total. The highest BCUT2D eigenvalue weighted by Crippen LogP contribution is 2.10. The summed E-state index contributed by atoms with van der Waals surface area (Å²) in [6.45, 7) is 4.60. The maximum Gasteiger partial charge on any atom is 0.193 e. The normalized spacial score (nSPS) is 11.4. The van der Waals surface area contributed by atoms with Gasteiger partial charge in [0.1, 0.15) is 0 Å². The van der Waals surface area contributed by atoms with Crippen LogP contribution in [0.2, 0.25) is 0 Å². The summed E-state index contributed by atoms with van der Waals surface area (Å²) in [7, 11) is 0. The molecule has 0 saturated carbocycles. The van der Waals surface area contributed by atoms with E-state index in [0.717, 1.165) is 11.3 Å². The highest BCUT2D eigenvalue weighted by atomic mass is 15.1. The minimum Gasteiger partial charge on any atom is -0.370 e. The first-order chi connectivity index (χ1) is 6.24. The number of aryl methyl sites for hydroxylation is 1. The summed E-state index contributed by atoms with van der Waals surface area (Å²) in [6.07, 6.45) is 3.47. The molecule has 0 saturated heterocycles. The quantitative estimate of drug-likeness (QED) is 0.527. The number of hydrogen-bond donors (Lipinski definition) is 2. The van der Waals surface area contributed by atoms with Crippen LogP contribution in [-0.4, -0.2) is 17.5 Å². The molecule has 0 spiro atoms. The van der Waals surface area contributed by atoms with Crippen molar-refractivity contribution in [2.75, 3.05) is 11.9 Å². The van der Waals surface area contributed by atoms with Gasteiger partial charge >= 0.3 is 0 Å². The fraction of sp³-hybridized carbons (Fsp3) is 0.333. The van der Waals surface area contributed by atoms with Crippen LogP contribution >= 0.6 is 0 Å². The molecule has 1 heterocycles. The van der Waals surface area contributed by atoms with Crippen LogP contribution in [-0.2, 0) is 0 Å². The molecule has 3 N–H and O–H groups in total. The minimum atomic E-state index is 0.429. The van der Waals surface area contributed by atoms with Crippen molar-refractivity contribution >= 4 is 11.6 Å². The van der Waals surface area contributed by atoms with E-state index in [9.17, 15) is 0 Å². The lowest BCUT2D eigenvalue weighted by atomic mass is 10.2. The molecule has 0 aliphatic heterocycles. The molecule has 13 heavy (non-hydrogen) atoms. The highest BCUT2D eigenvalue weighted by Gasteiger charge is 1.97. The standard InChI is InChI=1S/C9H14N4/c1-3-12-9(10)13-8-6-11-5-4-7(8)2/h4-6H,3H2,1-2H3,(H3,10,12,13). The Labute approximate surface area is 77.9 Å². The number of anilines is 1. The Morgan fingerprint density at radius 3 is 3.08 bits per heavy atom. The molecule has 1 rings (SSSR count). The van der Waals surface area contributed by atoms with Gasteiger partial charge in [-0.05, 0) is 25.5 Å². The third-order valence-corrected chi connectivity index (χ3v) is 1.63. The first kappa shape index (κ1) is 9.51. The maximum atomic E-state index is 5.60. The molecule has 4 heteroatoms. The van der Waals surface area contributed by atoms with Crippen molar-refractivity contribution in [1.82, 2.24) is 4.98 Å². The summed E-state index contributed by atoms with van der Waals surface area (Å²) in [6, 6.07) is 1.92. The first-order valence-corrected chi connectivity index (χ1v) is 4.21. The van der Waals surface area contributed by atoms with Gasteiger partial charge in [-0.3, -0.25) is 9.98 Å². The minimum absolute atomic E-state index is 0.429. The molecular formula is C9H14N4. The van der Waals surface area contributed by atoms with E-state index in [2.05, 4.69) is 15.3 Å². The van der Waals surface area contributed by atoms with Crippen molar-refractivity contribution in [3.05, 3.63) is 24.0 Å². The van der Waals surface area contributed by atoms with E-state index in [1.54, 1.807) is 12.4 Å². The van der Waals surface area contributed by atoms with Gasteiger partial charge in [-0.2, -0.15) is 0 Å². The zero-order chi connectivity index (χ0) is 9.68. The molecule has 0 amide bonds. The predicted molar refractivity (Wildman–Crippen MR) is 54.8 cm³/mol. The summed E-state index contributed by atoms with van der Waals surface area (Å²) >= 11 is 0. The summed E-state index contributed by atoms with van der Waals surface area (Å²) in [5, 5.41) is 2.98. The lowest BCUT2D eigenvalue weighted by Gasteiger charge is -2.06. The second kappa shape index (κ2) is 4.45.